The summed E-state index contributed by atoms with van der Waals surface area (Å²) >= 11 is 6.99. The van der Waals surface area contributed by atoms with Gasteiger partial charge in [-0.15, -0.1) is 0 Å². The van der Waals surface area contributed by atoms with Crippen molar-refractivity contribution < 1.29 is 4.74 Å². The zero-order valence-corrected chi connectivity index (χ0v) is 14.4. The molecule has 0 unspecified atom stereocenters. The Labute approximate surface area is 140 Å². The highest BCUT2D eigenvalue weighted by Crippen LogP contribution is 2.25. The van der Waals surface area contributed by atoms with Crippen molar-refractivity contribution in [2.75, 3.05) is 0 Å². The average molecular weight is 407 g/mol. The van der Waals surface area contributed by atoms with Gasteiger partial charge in [-0.25, -0.2) is 0 Å². The van der Waals surface area contributed by atoms with E-state index >= 15 is 0 Å². The Morgan fingerprint density at radius 1 is 1.05 bits per heavy atom. The highest BCUT2D eigenvalue weighted by Gasteiger charge is 2.03. The smallest absolute Gasteiger partial charge is 0.120 e. The molecule has 0 aliphatic rings. The van der Waals surface area contributed by atoms with Gasteiger partial charge in [-0.05, 0) is 47.5 Å². The Balaban J connectivity index is 1.76. The lowest BCUT2D eigenvalue weighted by molar-refractivity contribution is 0.306. The molecule has 0 radical (unpaired) electrons. The van der Waals surface area contributed by atoms with Gasteiger partial charge in [0.25, 0.3) is 0 Å². The maximum absolute atomic E-state index is 5.88. The first kappa shape index (κ1) is 14.5. The monoisotopic (exact) mass is 405 g/mol. The van der Waals surface area contributed by atoms with Crippen LogP contribution in [0.5, 0.6) is 5.75 Å². The lowest BCUT2D eigenvalue weighted by Gasteiger charge is -2.09. The summed E-state index contributed by atoms with van der Waals surface area (Å²) in [6, 6.07) is 16.2. The van der Waals surface area contributed by atoms with E-state index in [0.717, 1.165) is 32.0 Å². The lowest BCUT2D eigenvalue weighted by atomic mass is 10.1. The van der Waals surface area contributed by atoms with Gasteiger partial charge in [0.15, 0.2) is 0 Å². The number of nitrogens with zero attached hydrogens (tertiary/aromatic N) is 1. The summed E-state index contributed by atoms with van der Waals surface area (Å²) in [7, 11) is 0. The van der Waals surface area contributed by atoms with Gasteiger partial charge in [0, 0.05) is 21.4 Å². The van der Waals surface area contributed by atoms with E-state index in [0.29, 0.717) is 6.61 Å². The van der Waals surface area contributed by atoms with Crippen LogP contribution in [0.3, 0.4) is 0 Å². The van der Waals surface area contributed by atoms with Gasteiger partial charge in [-0.3, -0.25) is 4.98 Å². The predicted octanol–water partition coefficient (Wildman–Crippen LogP) is 5.47. The Hall–Kier alpha value is -1.39. The quantitative estimate of drug-likeness (QED) is 0.536. The van der Waals surface area contributed by atoms with E-state index in [1.54, 1.807) is 0 Å². The van der Waals surface area contributed by atoms with Crippen LogP contribution in [0, 0.1) is 0 Å². The van der Waals surface area contributed by atoms with Crippen molar-refractivity contribution in [3.63, 3.8) is 0 Å². The van der Waals surface area contributed by atoms with Crippen molar-refractivity contribution in [2.45, 2.75) is 11.9 Å². The third-order valence-electron chi connectivity index (χ3n) is 3.23. The van der Waals surface area contributed by atoms with E-state index in [4.69, 9.17) is 4.74 Å². The molecule has 2 nitrogen and oxygen atoms in total. The zero-order valence-electron chi connectivity index (χ0n) is 11.2. The minimum absolute atomic E-state index is 0.550. The largest absolute Gasteiger partial charge is 0.489 e. The third kappa shape index (κ3) is 3.44. The first-order chi connectivity index (χ1) is 10.3. The number of aromatic nitrogens is 1. The maximum atomic E-state index is 5.88. The molecule has 3 rings (SSSR count). The first-order valence-corrected chi connectivity index (χ1v) is 8.48. The van der Waals surface area contributed by atoms with E-state index in [1.165, 1.54) is 5.56 Å². The SMILES string of the molecule is BrCc1cc(OCc2ccc3ncccc3c2)ccc1Br. The summed E-state index contributed by atoms with van der Waals surface area (Å²) in [5.41, 5.74) is 3.32. The normalized spacial score (nSPS) is 10.8. The summed E-state index contributed by atoms with van der Waals surface area (Å²) in [5.74, 6) is 0.874. The van der Waals surface area contributed by atoms with E-state index in [1.807, 2.05) is 36.5 Å². The molecule has 0 atom stereocenters. The molecule has 0 bridgehead atoms. The maximum Gasteiger partial charge on any atom is 0.120 e. The van der Waals surface area contributed by atoms with Crippen molar-refractivity contribution in [1.82, 2.24) is 4.98 Å². The Bertz CT molecular complexity index is 774. The van der Waals surface area contributed by atoms with Crippen LogP contribution >= 0.6 is 31.9 Å². The standard InChI is InChI=1S/C17H13Br2NO/c18-10-14-9-15(4-5-16(14)19)21-11-12-3-6-17-13(8-12)2-1-7-20-17/h1-9H,10-11H2. The molecule has 2 aromatic carbocycles. The molecule has 0 amide bonds. The van der Waals surface area contributed by atoms with Crippen LogP contribution in [0.1, 0.15) is 11.1 Å². The first-order valence-electron chi connectivity index (χ1n) is 6.57. The molecule has 1 aromatic heterocycles. The van der Waals surface area contributed by atoms with Gasteiger partial charge >= 0.3 is 0 Å². The van der Waals surface area contributed by atoms with Gasteiger partial charge in [0.1, 0.15) is 12.4 Å². The summed E-state index contributed by atoms with van der Waals surface area (Å²) in [6.07, 6.45) is 1.81. The fourth-order valence-corrected chi connectivity index (χ4v) is 3.35. The molecule has 0 spiro atoms. The van der Waals surface area contributed by atoms with E-state index in [9.17, 15) is 0 Å². The number of hydrogen-bond acceptors (Lipinski definition) is 2. The molecule has 4 heteroatoms. The Morgan fingerprint density at radius 2 is 1.95 bits per heavy atom. The molecule has 106 valence electrons. The molecule has 0 aliphatic heterocycles. The molecule has 0 fully saturated rings. The third-order valence-corrected chi connectivity index (χ3v) is 4.61. The zero-order chi connectivity index (χ0) is 14.7. The van der Waals surface area contributed by atoms with Crippen LogP contribution in [0.2, 0.25) is 0 Å². The molecule has 0 saturated heterocycles. The summed E-state index contributed by atoms with van der Waals surface area (Å²) in [6.45, 7) is 0.550. The number of hydrogen-bond donors (Lipinski definition) is 0. The lowest BCUT2D eigenvalue weighted by Crippen LogP contribution is -1.96. The van der Waals surface area contributed by atoms with Gasteiger partial charge in [-0.2, -0.15) is 0 Å². The molecule has 0 saturated carbocycles. The van der Waals surface area contributed by atoms with E-state index in [-0.39, 0.29) is 0 Å². The van der Waals surface area contributed by atoms with Crippen LogP contribution in [0.15, 0.2) is 59.2 Å². The minimum atomic E-state index is 0.550. The van der Waals surface area contributed by atoms with Crippen LogP contribution in [0.25, 0.3) is 10.9 Å². The fourth-order valence-electron chi connectivity index (χ4n) is 2.12. The van der Waals surface area contributed by atoms with Gasteiger partial charge in [0.2, 0.25) is 0 Å². The van der Waals surface area contributed by atoms with Crippen LogP contribution in [-0.2, 0) is 11.9 Å². The summed E-state index contributed by atoms with van der Waals surface area (Å²) < 4.78 is 6.96. The fraction of sp³-hybridized carbons (Fsp3) is 0.118. The van der Waals surface area contributed by atoms with Crippen molar-refractivity contribution in [2.24, 2.45) is 0 Å². The van der Waals surface area contributed by atoms with Crippen LogP contribution in [-0.4, -0.2) is 4.98 Å². The van der Waals surface area contributed by atoms with Crippen LogP contribution in [0.4, 0.5) is 0 Å². The van der Waals surface area contributed by atoms with Gasteiger partial charge in [0.05, 0.1) is 5.52 Å². The molecule has 1 heterocycles. The van der Waals surface area contributed by atoms with Crippen LogP contribution < -0.4 is 4.74 Å². The number of fused-ring (bicyclic) bond motifs is 1. The number of halogens is 2. The highest BCUT2D eigenvalue weighted by molar-refractivity contribution is 9.10. The van der Waals surface area contributed by atoms with Crippen molar-refractivity contribution in [3.05, 3.63) is 70.3 Å². The molecule has 21 heavy (non-hydrogen) atoms. The number of rotatable bonds is 4. The van der Waals surface area contributed by atoms with E-state index < -0.39 is 0 Å². The Morgan fingerprint density at radius 3 is 2.81 bits per heavy atom. The summed E-state index contributed by atoms with van der Waals surface area (Å²) in [5, 5.41) is 1.93. The number of ether oxygens (including phenoxy) is 1. The molecule has 0 aliphatic carbocycles. The Kier molecular flexibility index (Phi) is 4.56. The second kappa shape index (κ2) is 6.58. The van der Waals surface area contributed by atoms with Crippen molar-refractivity contribution >= 4 is 42.8 Å². The number of alkyl halides is 1. The second-order valence-corrected chi connectivity index (χ2v) is 6.12. The minimum Gasteiger partial charge on any atom is -0.489 e. The van der Waals surface area contributed by atoms with E-state index in [2.05, 4.69) is 55.0 Å². The highest BCUT2D eigenvalue weighted by atomic mass is 79.9. The van der Waals surface area contributed by atoms with Gasteiger partial charge in [-0.1, -0.05) is 44.0 Å². The molecule has 0 N–H and O–H groups in total. The van der Waals surface area contributed by atoms with Crippen molar-refractivity contribution in [1.29, 1.82) is 0 Å². The number of pyridine rings is 1. The second-order valence-electron chi connectivity index (χ2n) is 4.71. The molecular formula is C17H13Br2NO. The van der Waals surface area contributed by atoms with Crippen molar-refractivity contribution in [3.8, 4) is 5.75 Å². The molecule has 3 aromatic rings. The predicted molar refractivity (Wildman–Crippen MR) is 92.8 cm³/mol. The van der Waals surface area contributed by atoms with Gasteiger partial charge < -0.3 is 4.74 Å². The molecular weight excluding hydrogens is 394 g/mol. The average Bonchev–Trinajstić information content (AvgIpc) is 2.54. The summed E-state index contributed by atoms with van der Waals surface area (Å²) in [4.78, 5) is 4.32. The topological polar surface area (TPSA) is 22.1 Å². The number of benzene rings is 2.